The van der Waals surface area contributed by atoms with Crippen molar-refractivity contribution in [3.05, 3.63) is 24.0 Å². The molecule has 0 radical (unpaired) electrons. The fraction of sp³-hybridized carbons (Fsp3) is 0.643. The molecule has 2 N–H and O–H groups in total. The summed E-state index contributed by atoms with van der Waals surface area (Å²) in [5.74, 6) is 0.159. The highest BCUT2D eigenvalue weighted by Crippen LogP contribution is 2.29. The van der Waals surface area contributed by atoms with E-state index in [1.54, 1.807) is 0 Å². The lowest BCUT2D eigenvalue weighted by molar-refractivity contribution is -0.134. The van der Waals surface area contributed by atoms with Crippen LogP contribution in [-0.2, 0) is 11.2 Å². The van der Waals surface area contributed by atoms with Gasteiger partial charge in [-0.25, -0.2) is 0 Å². The minimum Gasteiger partial charge on any atom is -0.391 e. The molecular weight excluding hydrogens is 228 g/mol. The van der Waals surface area contributed by atoms with Gasteiger partial charge in [0.1, 0.15) is 0 Å². The summed E-state index contributed by atoms with van der Waals surface area (Å²) in [6, 6.07) is 2.04. The van der Waals surface area contributed by atoms with Gasteiger partial charge in [0.2, 0.25) is 5.91 Å². The predicted molar refractivity (Wildman–Crippen MR) is 70.1 cm³/mol. The molecule has 1 amide bonds. The van der Waals surface area contributed by atoms with Crippen molar-refractivity contribution in [2.24, 2.45) is 0 Å². The van der Waals surface area contributed by atoms with Crippen LogP contribution in [-0.4, -0.2) is 39.1 Å². The fourth-order valence-corrected chi connectivity index (χ4v) is 2.74. The zero-order chi connectivity index (χ0) is 13.2. The van der Waals surface area contributed by atoms with Gasteiger partial charge in [-0.2, -0.15) is 0 Å². The Morgan fingerprint density at radius 2 is 2.39 bits per heavy atom. The summed E-state index contributed by atoms with van der Waals surface area (Å²) in [6.45, 7) is 4.52. The molecule has 0 aliphatic carbocycles. The molecule has 0 spiro atoms. The topological polar surface area (TPSA) is 56.3 Å². The zero-order valence-electron chi connectivity index (χ0n) is 11.1. The fourth-order valence-electron chi connectivity index (χ4n) is 2.74. The van der Waals surface area contributed by atoms with Gasteiger partial charge < -0.3 is 15.0 Å². The van der Waals surface area contributed by atoms with E-state index in [0.29, 0.717) is 19.4 Å². The van der Waals surface area contributed by atoms with Crippen LogP contribution >= 0.6 is 0 Å². The molecule has 0 aromatic carbocycles. The highest BCUT2D eigenvalue weighted by atomic mass is 16.3. The van der Waals surface area contributed by atoms with E-state index in [4.69, 9.17) is 0 Å². The lowest BCUT2D eigenvalue weighted by Gasteiger charge is -2.31. The molecule has 4 heteroatoms. The van der Waals surface area contributed by atoms with Crippen LogP contribution in [0.4, 0.5) is 0 Å². The highest BCUT2D eigenvalue weighted by molar-refractivity contribution is 5.77. The third-order valence-electron chi connectivity index (χ3n) is 3.68. The van der Waals surface area contributed by atoms with E-state index < -0.39 is 0 Å². The summed E-state index contributed by atoms with van der Waals surface area (Å²) in [6.07, 6.45) is 6.52. The summed E-state index contributed by atoms with van der Waals surface area (Å²) in [7, 11) is 0. The Morgan fingerprint density at radius 1 is 1.61 bits per heavy atom. The third-order valence-corrected chi connectivity index (χ3v) is 3.68. The van der Waals surface area contributed by atoms with Crippen LogP contribution in [0.1, 0.15) is 38.7 Å². The van der Waals surface area contributed by atoms with E-state index in [-0.39, 0.29) is 17.6 Å². The van der Waals surface area contributed by atoms with Crippen molar-refractivity contribution in [2.75, 3.05) is 6.54 Å². The van der Waals surface area contributed by atoms with E-state index in [9.17, 15) is 9.90 Å². The normalized spacial score (nSPS) is 22.4. The summed E-state index contributed by atoms with van der Waals surface area (Å²) < 4.78 is 0. The van der Waals surface area contributed by atoms with Crippen LogP contribution < -0.4 is 0 Å². The summed E-state index contributed by atoms with van der Waals surface area (Å²) in [5, 5.41) is 9.66. The average Bonchev–Trinajstić information content (AvgIpc) is 2.85. The number of aromatic nitrogens is 1. The first-order valence-electron chi connectivity index (χ1n) is 6.59. The van der Waals surface area contributed by atoms with Crippen molar-refractivity contribution in [3.63, 3.8) is 0 Å². The lowest BCUT2D eigenvalue weighted by Crippen LogP contribution is -2.42. The minimum absolute atomic E-state index is 0.159. The lowest BCUT2D eigenvalue weighted by atomic mass is 10.0. The number of hydrogen-bond donors (Lipinski definition) is 2. The van der Waals surface area contributed by atoms with Gasteiger partial charge in [-0.3, -0.25) is 4.79 Å². The van der Waals surface area contributed by atoms with Crippen molar-refractivity contribution in [1.82, 2.24) is 9.88 Å². The highest BCUT2D eigenvalue weighted by Gasteiger charge is 2.39. The molecule has 2 rings (SSSR count). The number of aliphatic hydroxyl groups excluding tert-OH is 1. The van der Waals surface area contributed by atoms with Gasteiger partial charge in [0.05, 0.1) is 6.10 Å². The number of aliphatic hydroxyl groups is 1. The second-order valence-electron chi connectivity index (χ2n) is 5.75. The van der Waals surface area contributed by atoms with Gasteiger partial charge in [0.15, 0.2) is 0 Å². The Balaban J connectivity index is 1.81. The maximum absolute atomic E-state index is 12.1. The molecule has 100 valence electrons. The number of likely N-dealkylation sites (tertiary alicyclic amines) is 1. The number of H-pyrrole nitrogens is 1. The van der Waals surface area contributed by atoms with Gasteiger partial charge in [0.25, 0.3) is 0 Å². The molecule has 1 aromatic heterocycles. The Bertz CT molecular complexity index is 398. The zero-order valence-corrected chi connectivity index (χ0v) is 11.1. The Kier molecular flexibility index (Phi) is 3.76. The second kappa shape index (κ2) is 5.14. The molecule has 1 saturated heterocycles. The smallest absolute Gasteiger partial charge is 0.223 e. The van der Waals surface area contributed by atoms with E-state index in [1.165, 1.54) is 5.56 Å². The number of carbonyl (C=O) groups is 1. The minimum atomic E-state index is -0.367. The van der Waals surface area contributed by atoms with Gasteiger partial charge in [0, 0.05) is 30.9 Å². The summed E-state index contributed by atoms with van der Waals surface area (Å²) >= 11 is 0. The molecule has 1 aliphatic rings. The van der Waals surface area contributed by atoms with Gasteiger partial charge in [-0.1, -0.05) is 0 Å². The Morgan fingerprint density at radius 3 is 2.94 bits per heavy atom. The standard InChI is InChI=1S/C14H22N2O2/c1-14(2)8-12(17)10-16(14)13(18)5-3-4-11-6-7-15-9-11/h6-7,9,12,15,17H,3-5,8,10H2,1-2H3. The number of aryl methyl sites for hydroxylation is 1. The molecule has 1 atom stereocenters. The number of aromatic amines is 1. The van der Waals surface area contributed by atoms with E-state index in [1.807, 2.05) is 37.2 Å². The number of hydrogen-bond acceptors (Lipinski definition) is 2. The number of nitrogens with one attached hydrogen (secondary N) is 1. The predicted octanol–water partition coefficient (Wildman–Crippen LogP) is 1.71. The SMILES string of the molecule is CC1(C)CC(O)CN1C(=O)CCCc1cc[nH]c1. The van der Waals surface area contributed by atoms with Gasteiger partial charge in [-0.05, 0) is 44.7 Å². The monoisotopic (exact) mass is 250 g/mol. The quantitative estimate of drug-likeness (QED) is 0.854. The molecule has 1 fully saturated rings. The average molecular weight is 250 g/mol. The molecule has 2 heterocycles. The van der Waals surface area contributed by atoms with Crippen LogP contribution in [0.25, 0.3) is 0 Å². The van der Waals surface area contributed by atoms with Crippen LogP contribution in [0.5, 0.6) is 0 Å². The number of amides is 1. The van der Waals surface area contributed by atoms with Gasteiger partial charge >= 0.3 is 0 Å². The largest absolute Gasteiger partial charge is 0.391 e. The molecule has 4 nitrogen and oxygen atoms in total. The second-order valence-corrected chi connectivity index (χ2v) is 5.75. The van der Waals surface area contributed by atoms with Crippen LogP contribution in [0.2, 0.25) is 0 Å². The first-order chi connectivity index (χ1) is 8.49. The first kappa shape index (κ1) is 13.1. The molecule has 0 saturated carbocycles. The Labute approximate surface area is 108 Å². The van der Waals surface area contributed by atoms with Gasteiger partial charge in [-0.15, -0.1) is 0 Å². The molecule has 0 bridgehead atoms. The Hall–Kier alpha value is -1.29. The molecular formula is C14H22N2O2. The van der Waals surface area contributed by atoms with Crippen LogP contribution in [0.3, 0.4) is 0 Å². The maximum atomic E-state index is 12.1. The summed E-state index contributed by atoms with van der Waals surface area (Å²) in [4.78, 5) is 17.0. The number of nitrogens with zero attached hydrogens (tertiary/aromatic N) is 1. The van der Waals surface area contributed by atoms with Crippen molar-refractivity contribution >= 4 is 5.91 Å². The summed E-state index contributed by atoms with van der Waals surface area (Å²) in [5.41, 5.74) is 1.04. The van der Waals surface area contributed by atoms with Crippen molar-refractivity contribution in [3.8, 4) is 0 Å². The molecule has 1 aromatic rings. The molecule has 1 unspecified atom stereocenters. The van der Waals surface area contributed by atoms with Crippen molar-refractivity contribution in [2.45, 2.75) is 51.2 Å². The maximum Gasteiger partial charge on any atom is 0.223 e. The van der Waals surface area contributed by atoms with Crippen molar-refractivity contribution < 1.29 is 9.90 Å². The van der Waals surface area contributed by atoms with Crippen LogP contribution in [0, 0.1) is 0 Å². The molecule has 18 heavy (non-hydrogen) atoms. The molecule has 1 aliphatic heterocycles. The number of β-amino-alcohol motifs (C(OH)–C–C–N with tert-alkyl or cyclic N) is 1. The van der Waals surface area contributed by atoms with E-state index in [0.717, 1.165) is 12.8 Å². The number of carbonyl (C=O) groups excluding carboxylic acids is 1. The van der Waals surface area contributed by atoms with E-state index >= 15 is 0 Å². The van der Waals surface area contributed by atoms with Crippen LogP contribution in [0.15, 0.2) is 18.5 Å². The third kappa shape index (κ3) is 2.93. The van der Waals surface area contributed by atoms with Crippen molar-refractivity contribution in [1.29, 1.82) is 0 Å². The first-order valence-corrected chi connectivity index (χ1v) is 6.59. The van der Waals surface area contributed by atoms with E-state index in [2.05, 4.69) is 4.98 Å². The number of rotatable bonds is 4.